The molecule has 0 fully saturated rings. The van der Waals surface area contributed by atoms with Gasteiger partial charge >= 0.3 is 0 Å². The molecule has 0 atom stereocenters. The molecule has 0 aliphatic carbocycles. The van der Waals surface area contributed by atoms with E-state index in [1.165, 1.54) is 0 Å². The van der Waals surface area contributed by atoms with Crippen LogP contribution in [0.15, 0.2) is 23.0 Å². The molecule has 0 saturated carbocycles. The monoisotopic (exact) mass is 387 g/mol. The predicted octanol–water partition coefficient (Wildman–Crippen LogP) is 3.54. The predicted molar refractivity (Wildman–Crippen MR) is 109 cm³/mol. The number of aromatic amines is 1. The van der Waals surface area contributed by atoms with Gasteiger partial charge in [-0.15, -0.1) is 0 Å². The summed E-state index contributed by atoms with van der Waals surface area (Å²) >= 11 is 0. The number of benzene rings is 1. The number of H-pyrrole nitrogens is 1. The van der Waals surface area contributed by atoms with Crippen molar-refractivity contribution in [3.63, 3.8) is 0 Å². The maximum Gasteiger partial charge on any atom is 0.254 e. The number of nitrogens with one attached hydrogen (secondary N) is 2. The molecule has 2 N–H and O–H groups in total. The van der Waals surface area contributed by atoms with Crippen LogP contribution in [-0.4, -0.2) is 29.1 Å². The SMILES string of the molecule is CCCOc1ccc(NC(=O)CCc2c(C)nc(C)[nH]c2=O)cc1OCCC. The fourth-order valence-corrected chi connectivity index (χ4v) is 2.75. The van der Waals surface area contributed by atoms with Crippen molar-refractivity contribution in [2.45, 2.75) is 53.4 Å². The van der Waals surface area contributed by atoms with Crippen molar-refractivity contribution in [2.24, 2.45) is 0 Å². The van der Waals surface area contributed by atoms with Crippen molar-refractivity contribution in [1.29, 1.82) is 0 Å². The minimum atomic E-state index is -0.189. The molecule has 0 aliphatic rings. The lowest BCUT2D eigenvalue weighted by Crippen LogP contribution is -2.20. The van der Waals surface area contributed by atoms with Crippen molar-refractivity contribution in [3.8, 4) is 11.5 Å². The van der Waals surface area contributed by atoms with Gasteiger partial charge < -0.3 is 19.8 Å². The van der Waals surface area contributed by atoms with Crippen LogP contribution in [0.5, 0.6) is 11.5 Å². The molecule has 0 spiro atoms. The van der Waals surface area contributed by atoms with E-state index in [0.29, 0.717) is 53.9 Å². The van der Waals surface area contributed by atoms with E-state index >= 15 is 0 Å². The Labute approximate surface area is 165 Å². The van der Waals surface area contributed by atoms with Gasteiger partial charge in [0, 0.05) is 29.4 Å². The minimum absolute atomic E-state index is 0.178. The van der Waals surface area contributed by atoms with Gasteiger partial charge in [0.25, 0.3) is 5.56 Å². The van der Waals surface area contributed by atoms with Crippen LogP contribution >= 0.6 is 0 Å². The van der Waals surface area contributed by atoms with Crippen LogP contribution in [0.3, 0.4) is 0 Å². The molecule has 0 saturated heterocycles. The Hall–Kier alpha value is -2.83. The first-order chi connectivity index (χ1) is 13.4. The molecule has 7 heteroatoms. The summed E-state index contributed by atoms with van der Waals surface area (Å²) in [5, 5.41) is 2.86. The van der Waals surface area contributed by atoms with Crippen molar-refractivity contribution in [2.75, 3.05) is 18.5 Å². The molecule has 0 radical (unpaired) electrons. The Morgan fingerprint density at radius 3 is 2.43 bits per heavy atom. The molecule has 152 valence electrons. The highest BCUT2D eigenvalue weighted by Crippen LogP contribution is 2.31. The first-order valence-corrected chi connectivity index (χ1v) is 9.70. The number of hydrogen-bond donors (Lipinski definition) is 2. The third-order valence-corrected chi connectivity index (χ3v) is 4.09. The molecule has 2 aromatic rings. The van der Waals surface area contributed by atoms with Gasteiger partial charge in [0.2, 0.25) is 5.91 Å². The molecular formula is C21H29N3O4. The van der Waals surface area contributed by atoms with Gasteiger partial charge in [0.1, 0.15) is 5.82 Å². The zero-order valence-electron chi connectivity index (χ0n) is 17.1. The van der Waals surface area contributed by atoms with Crippen LogP contribution in [0.1, 0.15) is 50.2 Å². The molecule has 1 heterocycles. The van der Waals surface area contributed by atoms with E-state index in [0.717, 1.165) is 12.8 Å². The number of aromatic nitrogens is 2. The van der Waals surface area contributed by atoms with Gasteiger partial charge in [0.05, 0.1) is 13.2 Å². The fraction of sp³-hybridized carbons (Fsp3) is 0.476. The van der Waals surface area contributed by atoms with Crippen LogP contribution in [0.25, 0.3) is 0 Å². The van der Waals surface area contributed by atoms with Crippen molar-refractivity contribution < 1.29 is 14.3 Å². The number of carbonyl (C=O) groups excluding carboxylic acids is 1. The van der Waals surface area contributed by atoms with E-state index in [9.17, 15) is 9.59 Å². The Bertz CT molecular complexity index is 861. The number of amides is 1. The lowest BCUT2D eigenvalue weighted by Gasteiger charge is -2.14. The topological polar surface area (TPSA) is 93.3 Å². The highest BCUT2D eigenvalue weighted by Gasteiger charge is 2.12. The van der Waals surface area contributed by atoms with Crippen LogP contribution in [0, 0.1) is 13.8 Å². The second-order valence-electron chi connectivity index (χ2n) is 6.62. The van der Waals surface area contributed by atoms with E-state index in [1.807, 2.05) is 13.8 Å². The molecular weight excluding hydrogens is 358 g/mol. The summed E-state index contributed by atoms with van der Waals surface area (Å²) in [4.78, 5) is 31.3. The number of rotatable bonds is 10. The smallest absolute Gasteiger partial charge is 0.254 e. The van der Waals surface area contributed by atoms with Gasteiger partial charge in [-0.2, -0.15) is 0 Å². The van der Waals surface area contributed by atoms with Crippen molar-refractivity contribution in [3.05, 3.63) is 45.6 Å². The van der Waals surface area contributed by atoms with Gasteiger partial charge in [-0.1, -0.05) is 13.8 Å². The standard InChI is InChI=1S/C21H29N3O4/c1-5-11-27-18-9-7-16(13-19(18)28-12-6-2)24-20(25)10-8-17-14(3)22-15(4)23-21(17)26/h7,9,13H,5-6,8,10-12H2,1-4H3,(H,24,25)(H,22,23,26). The Morgan fingerprint density at radius 1 is 1.11 bits per heavy atom. The molecule has 0 aliphatic heterocycles. The second kappa shape index (κ2) is 10.5. The molecule has 7 nitrogen and oxygen atoms in total. The zero-order chi connectivity index (χ0) is 20.5. The van der Waals surface area contributed by atoms with Crippen molar-refractivity contribution >= 4 is 11.6 Å². The fourth-order valence-electron chi connectivity index (χ4n) is 2.75. The summed E-state index contributed by atoms with van der Waals surface area (Å²) in [7, 11) is 0. The first kappa shape index (κ1) is 21.5. The third-order valence-electron chi connectivity index (χ3n) is 4.09. The molecule has 0 bridgehead atoms. The molecule has 2 rings (SSSR count). The summed E-state index contributed by atoms with van der Waals surface area (Å²) in [5.41, 5.74) is 1.64. The summed E-state index contributed by atoms with van der Waals surface area (Å²) < 4.78 is 11.4. The average molecular weight is 387 g/mol. The Kier molecular flexibility index (Phi) is 8.04. The molecule has 1 aromatic heterocycles. The zero-order valence-corrected chi connectivity index (χ0v) is 17.1. The summed E-state index contributed by atoms with van der Waals surface area (Å²) in [6.07, 6.45) is 2.30. The van der Waals surface area contributed by atoms with E-state index < -0.39 is 0 Å². The van der Waals surface area contributed by atoms with Gasteiger partial charge in [-0.05, 0) is 45.2 Å². The second-order valence-corrected chi connectivity index (χ2v) is 6.62. The number of anilines is 1. The number of nitrogens with zero attached hydrogens (tertiary/aromatic N) is 1. The quantitative estimate of drug-likeness (QED) is 0.650. The highest BCUT2D eigenvalue weighted by atomic mass is 16.5. The normalized spacial score (nSPS) is 10.6. The maximum atomic E-state index is 12.3. The minimum Gasteiger partial charge on any atom is -0.490 e. The Balaban J connectivity index is 2.03. The highest BCUT2D eigenvalue weighted by molar-refractivity contribution is 5.91. The van der Waals surface area contributed by atoms with Gasteiger partial charge in [-0.3, -0.25) is 9.59 Å². The lowest BCUT2D eigenvalue weighted by atomic mass is 10.1. The largest absolute Gasteiger partial charge is 0.490 e. The Morgan fingerprint density at radius 2 is 1.79 bits per heavy atom. The first-order valence-electron chi connectivity index (χ1n) is 9.70. The van der Waals surface area contributed by atoms with Crippen LogP contribution < -0.4 is 20.3 Å². The summed E-state index contributed by atoms with van der Waals surface area (Å²) in [5.74, 6) is 1.67. The lowest BCUT2D eigenvalue weighted by molar-refractivity contribution is -0.116. The van der Waals surface area contributed by atoms with E-state index in [1.54, 1.807) is 32.0 Å². The summed E-state index contributed by atoms with van der Waals surface area (Å²) in [6, 6.07) is 5.35. The van der Waals surface area contributed by atoms with E-state index in [4.69, 9.17) is 9.47 Å². The number of aryl methyl sites for hydroxylation is 2. The maximum absolute atomic E-state index is 12.3. The molecule has 28 heavy (non-hydrogen) atoms. The third kappa shape index (κ3) is 6.11. The molecule has 1 amide bonds. The average Bonchev–Trinajstić information content (AvgIpc) is 2.64. The van der Waals surface area contributed by atoms with Crippen LogP contribution in [0.4, 0.5) is 5.69 Å². The van der Waals surface area contributed by atoms with Crippen molar-refractivity contribution in [1.82, 2.24) is 9.97 Å². The van der Waals surface area contributed by atoms with Gasteiger partial charge in [0.15, 0.2) is 11.5 Å². The number of carbonyl (C=O) groups is 1. The number of ether oxygens (including phenoxy) is 2. The molecule has 0 unspecified atom stereocenters. The molecule has 1 aromatic carbocycles. The number of hydrogen-bond acceptors (Lipinski definition) is 5. The van der Waals surface area contributed by atoms with Crippen LogP contribution in [-0.2, 0) is 11.2 Å². The summed E-state index contributed by atoms with van der Waals surface area (Å²) in [6.45, 7) is 8.76. The van der Waals surface area contributed by atoms with Gasteiger partial charge in [-0.25, -0.2) is 4.98 Å². The van der Waals surface area contributed by atoms with E-state index in [2.05, 4.69) is 15.3 Å². The van der Waals surface area contributed by atoms with E-state index in [-0.39, 0.29) is 17.9 Å². The van der Waals surface area contributed by atoms with Crippen LogP contribution in [0.2, 0.25) is 0 Å².